The van der Waals surface area contributed by atoms with Crippen molar-refractivity contribution < 1.29 is 14.7 Å². The minimum Gasteiger partial charge on any atom is -0.481 e. The van der Waals surface area contributed by atoms with Crippen LogP contribution < -0.4 is 0 Å². The number of nitrogens with zero attached hydrogens (tertiary/aromatic N) is 2. The fraction of sp³-hybridized carbons (Fsp3) is 0.500. The highest BCUT2D eigenvalue weighted by Gasteiger charge is 2.40. The lowest BCUT2D eigenvalue weighted by atomic mass is 9.90. The Hall–Kier alpha value is -1.56. The van der Waals surface area contributed by atoms with E-state index in [0.29, 0.717) is 19.5 Å². The summed E-state index contributed by atoms with van der Waals surface area (Å²) < 4.78 is 0. The van der Waals surface area contributed by atoms with Gasteiger partial charge in [-0.3, -0.25) is 14.6 Å². The zero-order chi connectivity index (χ0) is 14.5. The Morgan fingerprint density at radius 2 is 2.30 bits per heavy atom. The van der Waals surface area contributed by atoms with Crippen molar-refractivity contribution in [2.24, 2.45) is 5.92 Å². The Morgan fingerprint density at radius 1 is 1.50 bits per heavy atom. The van der Waals surface area contributed by atoms with Crippen LogP contribution >= 0.6 is 11.8 Å². The Labute approximate surface area is 122 Å². The summed E-state index contributed by atoms with van der Waals surface area (Å²) in [4.78, 5) is 29.2. The first-order chi connectivity index (χ1) is 9.63. The summed E-state index contributed by atoms with van der Waals surface area (Å²) in [6.07, 6.45) is 5.77. The summed E-state index contributed by atoms with van der Waals surface area (Å²) in [5.41, 5.74) is 0.889. The highest BCUT2D eigenvalue weighted by atomic mass is 32.2. The van der Waals surface area contributed by atoms with Crippen molar-refractivity contribution in [1.29, 1.82) is 0 Å². The van der Waals surface area contributed by atoms with E-state index < -0.39 is 11.9 Å². The number of pyridine rings is 1. The molecule has 1 saturated heterocycles. The van der Waals surface area contributed by atoms with Crippen molar-refractivity contribution in [3.8, 4) is 0 Å². The van der Waals surface area contributed by atoms with Gasteiger partial charge >= 0.3 is 5.97 Å². The van der Waals surface area contributed by atoms with E-state index in [-0.39, 0.29) is 11.8 Å². The third-order valence-corrected chi connectivity index (χ3v) is 4.23. The normalized spacial score (nSPS) is 21.9. The van der Waals surface area contributed by atoms with Gasteiger partial charge in [-0.2, -0.15) is 11.8 Å². The van der Waals surface area contributed by atoms with E-state index in [2.05, 4.69) is 4.98 Å². The Kier molecular flexibility index (Phi) is 5.00. The van der Waals surface area contributed by atoms with Gasteiger partial charge in [-0.15, -0.1) is 0 Å². The number of aliphatic carboxylic acids is 1. The van der Waals surface area contributed by atoms with Crippen LogP contribution in [0.5, 0.6) is 0 Å². The van der Waals surface area contributed by atoms with Crippen molar-refractivity contribution in [1.82, 2.24) is 9.88 Å². The van der Waals surface area contributed by atoms with Crippen LogP contribution in [0.3, 0.4) is 0 Å². The molecule has 1 N–H and O–H groups in total. The summed E-state index contributed by atoms with van der Waals surface area (Å²) in [5, 5.41) is 9.36. The van der Waals surface area contributed by atoms with Crippen LogP contribution in [0.4, 0.5) is 0 Å². The first kappa shape index (κ1) is 14.8. The van der Waals surface area contributed by atoms with E-state index in [9.17, 15) is 14.7 Å². The highest BCUT2D eigenvalue weighted by Crippen LogP contribution is 2.32. The third-order valence-electron chi connectivity index (χ3n) is 3.62. The van der Waals surface area contributed by atoms with E-state index in [4.69, 9.17) is 0 Å². The van der Waals surface area contributed by atoms with Gasteiger partial charge in [0, 0.05) is 43.6 Å². The molecule has 0 aromatic carbocycles. The lowest BCUT2D eigenvalue weighted by molar-refractivity contribution is -0.141. The van der Waals surface area contributed by atoms with Crippen molar-refractivity contribution in [2.75, 3.05) is 25.1 Å². The Balaban J connectivity index is 2.12. The van der Waals surface area contributed by atoms with Crippen LogP contribution in [0.1, 0.15) is 17.9 Å². The number of rotatable bonds is 5. The Morgan fingerprint density at radius 3 is 2.90 bits per heavy atom. The molecule has 0 spiro atoms. The standard InChI is InChI=1S/C14H18N2O3S/c1-20-6-4-13(17)16-8-11(12(9-16)14(18)19)10-3-2-5-15-7-10/h2-3,5,7,11-12H,4,6,8-9H2,1H3,(H,18,19)/t11-,12+/m0/s1. The summed E-state index contributed by atoms with van der Waals surface area (Å²) in [6, 6.07) is 3.68. The molecule has 1 aliphatic rings. The van der Waals surface area contributed by atoms with Gasteiger partial charge in [0.05, 0.1) is 5.92 Å². The van der Waals surface area contributed by atoms with Crippen molar-refractivity contribution >= 4 is 23.6 Å². The predicted octanol–water partition coefficient (Wildman–Crippen LogP) is 1.46. The van der Waals surface area contributed by atoms with E-state index in [1.54, 1.807) is 35.1 Å². The minimum absolute atomic E-state index is 0.0389. The second-order valence-corrected chi connectivity index (χ2v) is 5.86. The number of thioether (sulfide) groups is 1. The van der Waals surface area contributed by atoms with Crippen molar-refractivity contribution in [3.05, 3.63) is 30.1 Å². The van der Waals surface area contributed by atoms with Gasteiger partial charge in [0.15, 0.2) is 0 Å². The molecule has 20 heavy (non-hydrogen) atoms. The first-order valence-corrected chi connectivity index (χ1v) is 7.92. The molecule has 1 amide bonds. The quantitative estimate of drug-likeness (QED) is 0.890. The summed E-state index contributed by atoms with van der Waals surface area (Å²) in [5.74, 6) is -0.752. The SMILES string of the molecule is CSCCC(=O)N1C[C@@H](C(=O)O)[C@H](c2cccnc2)C1. The van der Waals surface area contributed by atoms with Crippen LogP contribution in [0.2, 0.25) is 0 Å². The van der Waals surface area contributed by atoms with Crippen LogP contribution in [0.15, 0.2) is 24.5 Å². The molecular formula is C14H18N2O3S. The summed E-state index contributed by atoms with van der Waals surface area (Å²) in [6.45, 7) is 0.762. The summed E-state index contributed by atoms with van der Waals surface area (Å²) in [7, 11) is 0. The second-order valence-electron chi connectivity index (χ2n) is 4.88. The van der Waals surface area contributed by atoms with E-state index in [1.165, 1.54) is 0 Å². The zero-order valence-electron chi connectivity index (χ0n) is 11.4. The largest absolute Gasteiger partial charge is 0.481 e. The number of carbonyl (C=O) groups excluding carboxylic acids is 1. The van der Waals surface area contributed by atoms with Crippen LogP contribution in [0.25, 0.3) is 0 Å². The maximum atomic E-state index is 12.1. The fourth-order valence-electron chi connectivity index (χ4n) is 2.54. The first-order valence-electron chi connectivity index (χ1n) is 6.53. The van der Waals surface area contributed by atoms with Gasteiger partial charge in [-0.1, -0.05) is 6.07 Å². The maximum absolute atomic E-state index is 12.1. The molecule has 0 unspecified atom stereocenters. The number of hydrogen-bond donors (Lipinski definition) is 1. The predicted molar refractivity (Wildman–Crippen MR) is 77.7 cm³/mol. The smallest absolute Gasteiger partial charge is 0.308 e. The number of amides is 1. The molecule has 1 aromatic heterocycles. The van der Waals surface area contributed by atoms with Gasteiger partial charge in [0.2, 0.25) is 5.91 Å². The van der Waals surface area contributed by atoms with Gasteiger partial charge in [0.1, 0.15) is 0 Å². The average molecular weight is 294 g/mol. The molecule has 2 atom stereocenters. The van der Waals surface area contributed by atoms with Gasteiger partial charge in [-0.25, -0.2) is 0 Å². The van der Waals surface area contributed by atoms with Gasteiger partial charge in [0.25, 0.3) is 0 Å². The number of carbonyl (C=O) groups is 2. The topological polar surface area (TPSA) is 70.5 Å². The zero-order valence-corrected chi connectivity index (χ0v) is 12.2. The number of carboxylic acid groups (broad SMARTS) is 1. The molecule has 1 aromatic rings. The number of hydrogen-bond acceptors (Lipinski definition) is 4. The monoisotopic (exact) mass is 294 g/mol. The van der Waals surface area contributed by atoms with Gasteiger partial charge < -0.3 is 10.0 Å². The third kappa shape index (κ3) is 3.30. The Bertz CT molecular complexity index is 481. The van der Waals surface area contributed by atoms with Crippen LogP contribution in [-0.2, 0) is 9.59 Å². The highest BCUT2D eigenvalue weighted by molar-refractivity contribution is 7.98. The van der Waals surface area contributed by atoms with Gasteiger partial charge in [-0.05, 0) is 17.9 Å². The molecular weight excluding hydrogens is 276 g/mol. The van der Waals surface area contributed by atoms with Crippen LogP contribution in [-0.4, -0.2) is 52.0 Å². The lowest BCUT2D eigenvalue weighted by Crippen LogP contribution is -2.30. The molecule has 0 radical (unpaired) electrons. The number of carboxylic acids is 1. The molecule has 2 heterocycles. The molecule has 0 aliphatic carbocycles. The fourth-order valence-corrected chi connectivity index (χ4v) is 2.92. The van der Waals surface area contributed by atoms with E-state index in [1.807, 2.05) is 12.3 Å². The van der Waals surface area contributed by atoms with E-state index >= 15 is 0 Å². The molecule has 2 rings (SSSR count). The van der Waals surface area contributed by atoms with Crippen molar-refractivity contribution in [2.45, 2.75) is 12.3 Å². The molecule has 108 valence electrons. The molecule has 5 nitrogen and oxygen atoms in total. The maximum Gasteiger partial charge on any atom is 0.308 e. The molecule has 6 heteroatoms. The lowest BCUT2D eigenvalue weighted by Gasteiger charge is -2.16. The minimum atomic E-state index is -0.848. The molecule has 1 aliphatic heterocycles. The number of likely N-dealkylation sites (tertiary alicyclic amines) is 1. The molecule has 0 bridgehead atoms. The van der Waals surface area contributed by atoms with Crippen LogP contribution in [0, 0.1) is 5.92 Å². The second kappa shape index (κ2) is 6.74. The number of aromatic nitrogens is 1. The average Bonchev–Trinajstić information content (AvgIpc) is 2.91. The summed E-state index contributed by atoms with van der Waals surface area (Å²) >= 11 is 1.62. The molecule has 0 saturated carbocycles. The van der Waals surface area contributed by atoms with Crippen molar-refractivity contribution in [3.63, 3.8) is 0 Å². The molecule has 1 fully saturated rings. The van der Waals surface area contributed by atoms with E-state index in [0.717, 1.165) is 11.3 Å².